The van der Waals surface area contributed by atoms with Crippen molar-refractivity contribution in [3.8, 4) is 0 Å². The number of carbonyl (C=O) groups is 3. The SMILES string of the molecule is CC(C)C(=O)CN1CC(=O)N(C)C1=O. The van der Waals surface area contributed by atoms with Gasteiger partial charge >= 0.3 is 6.03 Å². The number of likely N-dealkylation sites (N-methyl/N-ethyl adjacent to an activating group) is 1. The predicted molar refractivity (Wildman–Crippen MR) is 49.6 cm³/mol. The Kier molecular flexibility index (Phi) is 2.88. The molecular formula is C9H14N2O3. The molecule has 0 spiro atoms. The number of amides is 3. The Hall–Kier alpha value is -1.39. The minimum absolute atomic E-state index is 0.0216. The number of nitrogens with zero attached hydrogens (tertiary/aromatic N) is 2. The molecule has 14 heavy (non-hydrogen) atoms. The summed E-state index contributed by atoms with van der Waals surface area (Å²) < 4.78 is 0. The fourth-order valence-electron chi connectivity index (χ4n) is 1.15. The molecule has 0 atom stereocenters. The first kappa shape index (κ1) is 10.7. The van der Waals surface area contributed by atoms with Gasteiger partial charge in [0.25, 0.3) is 0 Å². The summed E-state index contributed by atoms with van der Waals surface area (Å²) in [5.74, 6) is -0.392. The number of imide groups is 1. The molecule has 1 rings (SSSR count). The Morgan fingerprint density at radius 3 is 2.36 bits per heavy atom. The van der Waals surface area contributed by atoms with Gasteiger partial charge in [-0.1, -0.05) is 13.8 Å². The van der Waals surface area contributed by atoms with Crippen LogP contribution in [0.1, 0.15) is 13.8 Å². The summed E-state index contributed by atoms with van der Waals surface area (Å²) in [5.41, 5.74) is 0. The minimum atomic E-state index is -0.385. The standard InChI is InChI=1S/C9H14N2O3/c1-6(2)7(12)4-11-5-8(13)10(3)9(11)14/h6H,4-5H2,1-3H3. The third-order valence-electron chi connectivity index (χ3n) is 2.25. The lowest BCUT2D eigenvalue weighted by molar-refractivity contribution is -0.124. The molecule has 0 aromatic carbocycles. The summed E-state index contributed by atoms with van der Waals surface area (Å²) in [6.07, 6.45) is 0. The zero-order valence-electron chi connectivity index (χ0n) is 8.61. The van der Waals surface area contributed by atoms with Crippen LogP contribution in [0.15, 0.2) is 0 Å². The highest BCUT2D eigenvalue weighted by atomic mass is 16.2. The summed E-state index contributed by atoms with van der Waals surface area (Å²) in [6, 6.07) is -0.385. The average Bonchev–Trinajstić information content (AvgIpc) is 2.33. The largest absolute Gasteiger partial charge is 0.327 e. The van der Waals surface area contributed by atoms with E-state index in [-0.39, 0.29) is 36.7 Å². The summed E-state index contributed by atoms with van der Waals surface area (Å²) >= 11 is 0. The van der Waals surface area contributed by atoms with Crippen LogP contribution < -0.4 is 0 Å². The third kappa shape index (κ3) is 1.92. The molecule has 1 heterocycles. The molecule has 5 nitrogen and oxygen atoms in total. The molecule has 0 N–H and O–H groups in total. The van der Waals surface area contributed by atoms with Gasteiger partial charge < -0.3 is 4.90 Å². The fraction of sp³-hybridized carbons (Fsp3) is 0.667. The van der Waals surface area contributed by atoms with E-state index in [0.717, 1.165) is 4.90 Å². The van der Waals surface area contributed by atoms with Crippen molar-refractivity contribution in [1.82, 2.24) is 9.80 Å². The van der Waals surface area contributed by atoms with Crippen LogP contribution in [-0.2, 0) is 9.59 Å². The molecule has 0 aliphatic carbocycles. The van der Waals surface area contributed by atoms with Crippen LogP contribution in [0.4, 0.5) is 4.79 Å². The van der Waals surface area contributed by atoms with Crippen molar-refractivity contribution in [2.24, 2.45) is 5.92 Å². The van der Waals surface area contributed by atoms with E-state index in [1.165, 1.54) is 11.9 Å². The Balaban J connectivity index is 2.60. The van der Waals surface area contributed by atoms with Crippen LogP contribution in [0.3, 0.4) is 0 Å². The number of urea groups is 1. The van der Waals surface area contributed by atoms with Gasteiger partial charge in [0.05, 0.1) is 6.54 Å². The van der Waals surface area contributed by atoms with Gasteiger partial charge in [0, 0.05) is 13.0 Å². The first-order chi connectivity index (χ1) is 6.43. The lowest BCUT2D eigenvalue weighted by Gasteiger charge is -2.14. The molecule has 0 aromatic rings. The van der Waals surface area contributed by atoms with Gasteiger partial charge in [-0.3, -0.25) is 14.5 Å². The summed E-state index contributed by atoms with van der Waals surface area (Å²) in [6.45, 7) is 3.60. The number of hydrogen-bond donors (Lipinski definition) is 0. The monoisotopic (exact) mass is 198 g/mol. The van der Waals surface area contributed by atoms with E-state index in [9.17, 15) is 14.4 Å². The van der Waals surface area contributed by atoms with E-state index >= 15 is 0 Å². The first-order valence-corrected chi connectivity index (χ1v) is 4.51. The molecule has 0 aromatic heterocycles. The highest BCUT2D eigenvalue weighted by Gasteiger charge is 2.34. The molecule has 1 aliphatic rings. The van der Waals surface area contributed by atoms with Crippen LogP contribution in [0, 0.1) is 5.92 Å². The smallest absolute Gasteiger partial charge is 0.308 e. The van der Waals surface area contributed by atoms with Crippen molar-refractivity contribution in [1.29, 1.82) is 0 Å². The predicted octanol–water partition coefficient (Wildman–Crippen LogP) is 0.105. The van der Waals surface area contributed by atoms with Crippen molar-refractivity contribution in [2.75, 3.05) is 20.1 Å². The van der Waals surface area contributed by atoms with Gasteiger partial charge in [-0.05, 0) is 0 Å². The van der Waals surface area contributed by atoms with Crippen LogP contribution in [0.5, 0.6) is 0 Å². The Morgan fingerprint density at radius 1 is 1.43 bits per heavy atom. The topological polar surface area (TPSA) is 57.7 Å². The maximum atomic E-state index is 11.4. The zero-order valence-corrected chi connectivity index (χ0v) is 8.61. The van der Waals surface area contributed by atoms with E-state index in [1.54, 1.807) is 13.8 Å². The van der Waals surface area contributed by atoms with Gasteiger partial charge in [-0.25, -0.2) is 4.79 Å². The van der Waals surface area contributed by atoms with Crippen LogP contribution in [0.25, 0.3) is 0 Å². The van der Waals surface area contributed by atoms with Crippen molar-refractivity contribution < 1.29 is 14.4 Å². The molecule has 1 fully saturated rings. The number of rotatable bonds is 3. The number of hydrogen-bond acceptors (Lipinski definition) is 3. The molecule has 1 aliphatic heterocycles. The van der Waals surface area contributed by atoms with E-state index in [2.05, 4.69) is 0 Å². The van der Waals surface area contributed by atoms with Gasteiger partial charge in [-0.15, -0.1) is 0 Å². The highest BCUT2D eigenvalue weighted by molar-refractivity contribution is 6.03. The molecule has 0 saturated carbocycles. The van der Waals surface area contributed by atoms with E-state index in [1.807, 2.05) is 0 Å². The maximum absolute atomic E-state index is 11.4. The Labute approximate surface area is 82.7 Å². The number of carbonyl (C=O) groups excluding carboxylic acids is 3. The van der Waals surface area contributed by atoms with E-state index < -0.39 is 0 Å². The molecule has 0 unspecified atom stereocenters. The quantitative estimate of drug-likeness (QED) is 0.604. The number of ketones is 1. The van der Waals surface area contributed by atoms with Crippen LogP contribution in [0.2, 0.25) is 0 Å². The second-order valence-electron chi connectivity index (χ2n) is 3.71. The first-order valence-electron chi connectivity index (χ1n) is 4.51. The normalized spacial score (nSPS) is 17.1. The van der Waals surface area contributed by atoms with Gasteiger partial charge in [-0.2, -0.15) is 0 Å². The van der Waals surface area contributed by atoms with Crippen molar-refractivity contribution in [2.45, 2.75) is 13.8 Å². The average molecular weight is 198 g/mol. The minimum Gasteiger partial charge on any atom is -0.308 e. The van der Waals surface area contributed by atoms with Crippen LogP contribution >= 0.6 is 0 Å². The second kappa shape index (κ2) is 3.77. The summed E-state index contributed by atoms with van der Waals surface area (Å²) in [4.78, 5) is 36.1. The van der Waals surface area contributed by atoms with E-state index in [0.29, 0.717) is 0 Å². The number of Topliss-reactive ketones (excluding diaryl/α,β-unsaturated/α-hetero) is 1. The summed E-state index contributed by atoms with van der Waals surface area (Å²) in [7, 11) is 1.42. The maximum Gasteiger partial charge on any atom is 0.327 e. The molecule has 3 amide bonds. The van der Waals surface area contributed by atoms with E-state index in [4.69, 9.17) is 0 Å². The third-order valence-corrected chi connectivity index (χ3v) is 2.25. The highest BCUT2D eigenvalue weighted by Crippen LogP contribution is 2.08. The van der Waals surface area contributed by atoms with Crippen molar-refractivity contribution in [3.63, 3.8) is 0 Å². The second-order valence-corrected chi connectivity index (χ2v) is 3.71. The summed E-state index contributed by atoms with van der Waals surface area (Å²) in [5, 5.41) is 0. The molecule has 0 bridgehead atoms. The Bertz CT molecular complexity index is 286. The Morgan fingerprint density at radius 2 is 2.00 bits per heavy atom. The molecule has 1 saturated heterocycles. The van der Waals surface area contributed by atoms with Crippen LogP contribution in [-0.4, -0.2) is 47.7 Å². The molecule has 78 valence electrons. The molecule has 0 radical (unpaired) electrons. The van der Waals surface area contributed by atoms with Gasteiger partial charge in [0.15, 0.2) is 5.78 Å². The van der Waals surface area contributed by atoms with Crippen molar-refractivity contribution in [3.05, 3.63) is 0 Å². The lowest BCUT2D eigenvalue weighted by Crippen LogP contribution is -2.35. The lowest BCUT2D eigenvalue weighted by atomic mass is 10.1. The van der Waals surface area contributed by atoms with Gasteiger partial charge in [0.1, 0.15) is 6.54 Å². The molecule has 5 heteroatoms. The zero-order chi connectivity index (χ0) is 10.9. The molecular weight excluding hydrogens is 184 g/mol. The van der Waals surface area contributed by atoms with Gasteiger partial charge in [0.2, 0.25) is 5.91 Å². The van der Waals surface area contributed by atoms with Crippen molar-refractivity contribution >= 4 is 17.7 Å². The fourth-order valence-corrected chi connectivity index (χ4v) is 1.15.